The lowest BCUT2D eigenvalue weighted by molar-refractivity contribution is -0.121. The smallest absolute Gasteiger partial charge is 0.219 e. The molecule has 2 nitrogen and oxygen atoms in total. The standard InChI is InChI=1S/C11H23NO.C2H6/c1-3-5-6-7-8-9-10-11(13)12-4-2;1-2/h3-10H2,1-2H3,(H,12,13);1-2H3. The number of unbranched alkanes of at least 4 members (excludes halogenated alkanes) is 5. The molecule has 0 atom stereocenters. The average Bonchev–Trinajstić information content (AvgIpc) is 2.26. The molecule has 0 aromatic heterocycles. The second kappa shape index (κ2) is 15.9. The highest BCUT2D eigenvalue weighted by molar-refractivity contribution is 5.75. The predicted molar refractivity (Wildman–Crippen MR) is 68.0 cm³/mol. The molecule has 1 N–H and O–H groups in total. The molecule has 0 aliphatic rings. The molecular weight excluding hydrogens is 186 g/mol. The topological polar surface area (TPSA) is 29.1 Å². The van der Waals surface area contributed by atoms with Gasteiger partial charge in [0.25, 0.3) is 0 Å². The third-order valence-electron chi connectivity index (χ3n) is 2.13. The zero-order valence-corrected chi connectivity index (χ0v) is 11.1. The Morgan fingerprint density at radius 1 is 0.933 bits per heavy atom. The summed E-state index contributed by atoms with van der Waals surface area (Å²) < 4.78 is 0. The zero-order valence-electron chi connectivity index (χ0n) is 11.1. The summed E-state index contributed by atoms with van der Waals surface area (Å²) in [6, 6.07) is 0. The average molecular weight is 215 g/mol. The van der Waals surface area contributed by atoms with Gasteiger partial charge in [-0.2, -0.15) is 0 Å². The summed E-state index contributed by atoms with van der Waals surface area (Å²) in [5.41, 5.74) is 0. The van der Waals surface area contributed by atoms with E-state index < -0.39 is 0 Å². The number of hydrogen-bond donors (Lipinski definition) is 1. The Morgan fingerprint density at radius 2 is 1.47 bits per heavy atom. The number of carbonyl (C=O) groups is 1. The van der Waals surface area contributed by atoms with Crippen LogP contribution in [0.5, 0.6) is 0 Å². The SMILES string of the molecule is CC.CCCCCCCCC(=O)NCC. The van der Waals surface area contributed by atoms with Crippen LogP contribution in [0.15, 0.2) is 0 Å². The van der Waals surface area contributed by atoms with Crippen molar-refractivity contribution in [2.75, 3.05) is 6.54 Å². The van der Waals surface area contributed by atoms with E-state index in [1.807, 2.05) is 20.8 Å². The van der Waals surface area contributed by atoms with E-state index in [0.717, 1.165) is 13.0 Å². The van der Waals surface area contributed by atoms with E-state index in [0.29, 0.717) is 6.42 Å². The molecule has 0 aromatic rings. The van der Waals surface area contributed by atoms with Crippen molar-refractivity contribution in [1.82, 2.24) is 5.32 Å². The van der Waals surface area contributed by atoms with Crippen LogP contribution in [0.4, 0.5) is 0 Å². The van der Waals surface area contributed by atoms with Gasteiger partial charge in [0.05, 0.1) is 0 Å². The monoisotopic (exact) mass is 215 g/mol. The van der Waals surface area contributed by atoms with Crippen LogP contribution in [0.25, 0.3) is 0 Å². The predicted octanol–water partition coefficient (Wildman–Crippen LogP) is 3.90. The van der Waals surface area contributed by atoms with Crippen LogP contribution in [-0.2, 0) is 4.79 Å². The Kier molecular flexibility index (Phi) is 17.9. The van der Waals surface area contributed by atoms with E-state index in [1.165, 1.54) is 32.1 Å². The molecule has 0 aliphatic heterocycles. The fraction of sp³-hybridized carbons (Fsp3) is 0.923. The van der Waals surface area contributed by atoms with Crippen molar-refractivity contribution in [2.45, 2.75) is 72.6 Å². The van der Waals surface area contributed by atoms with Crippen molar-refractivity contribution in [1.29, 1.82) is 0 Å². The minimum atomic E-state index is 0.206. The van der Waals surface area contributed by atoms with Crippen molar-refractivity contribution in [3.05, 3.63) is 0 Å². The van der Waals surface area contributed by atoms with Gasteiger partial charge in [-0.25, -0.2) is 0 Å². The van der Waals surface area contributed by atoms with Gasteiger partial charge in [-0.05, 0) is 13.3 Å². The minimum Gasteiger partial charge on any atom is -0.356 e. The second-order valence-electron chi connectivity index (χ2n) is 3.47. The van der Waals surface area contributed by atoms with Crippen LogP contribution in [-0.4, -0.2) is 12.5 Å². The van der Waals surface area contributed by atoms with Crippen molar-refractivity contribution in [2.24, 2.45) is 0 Å². The van der Waals surface area contributed by atoms with Crippen LogP contribution in [0.1, 0.15) is 72.6 Å². The normalized spacial score (nSPS) is 9.07. The first-order chi connectivity index (χ1) is 7.31. The molecule has 1 amide bonds. The first-order valence-electron chi connectivity index (χ1n) is 6.58. The van der Waals surface area contributed by atoms with Crippen LogP contribution >= 0.6 is 0 Å². The number of rotatable bonds is 8. The number of amides is 1. The van der Waals surface area contributed by atoms with E-state index in [9.17, 15) is 4.79 Å². The van der Waals surface area contributed by atoms with Gasteiger partial charge in [0.1, 0.15) is 0 Å². The molecule has 0 spiro atoms. The summed E-state index contributed by atoms with van der Waals surface area (Å²) in [4.78, 5) is 11.0. The third kappa shape index (κ3) is 16.2. The molecule has 0 rings (SSSR count). The van der Waals surface area contributed by atoms with Gasteiger partial charge >= 0.3 is 0 Å². The van der Waals surface area contributed by atoms with Crippen LogP contribution in [0.3, 0.4) is 0 Å². The van der Waals surface area contributed by atoms with E-state index in [1.54, 1.807) is 0 Å². The van der Waals surface area contributed by atoms with Crippen molar-refractivity contribution < 1.29 is 4.79 Å². The maximum atomic E-state index is 11.0. The van der Waals surface area contributed by atoms with Crippen molar-refractivity contribution in [3.63, 3.8) is 0 Å². The summed E-state index contributed by atoms with van der Waals surface area (Å²) in [6.07, 6.45) is 8.20. The molecule has 0 saturated carbocycles. The summed E-state index contributed by atoms with van der Waals surface area (Å²) >= 11 is 0. The van der Waals surface area contributed by atoms with Crippen molar-refractivity contribution in [3.8, 4) is 0 Å². The lowest BCUT2D eigenvalue weighted by Gasteiger charge is -2.01. The van der Waals surface area contributed by atoms with Gasteiger partial charge in [-0.1, -0.05) is 52.9 Å². The fourth-order valence-electron chi connectivity index (χ4n) is 1.35. The maximum Gasteiger partial charge on any atom is 0.219 e. The highest BCUT2D eigenvalue weighted by Crippen LogP contribution is 2.06. The van der Waals surface area contributed by atoms with Gasteiger partial charge in [-0.15, -0.1) is 0 Å². The number of nitrogens with one attached hydrogen (secondary N) is 1. The minimum absolute atomic E-state index is 0.206. The van der Waals surface area contributed by atoms with Gasteiger partial charge in [0.2, 0.25) is 5.91 Å². The van der Waals surface area contributed by atoms with Gasteiger partial charge in [-0.3, -0.25) is 4.79 Å². The largest absolute Gasteiger partial charge is 0.356 e. The molecule has 0 aromatic carbocycles. The first kappa shape index (κ1) is 16.9. The van der Waals surface area contributed by atoms with Gasteiger partial charge in [0.15, 0.2) is 0 Å². The molecule has 15 heavy (non-hydrogen) atoms. The molecule has 0 unspecified atom stereocenters. The summed E-state index contributed by atoms with van der Waals surface area (Å²) in [6.45, 7) is 8.93. The molecule has 0 radical (unpaired) electrons. The Balaban J connectivity index is 0. The molecule has 0 aliphatic carbocycles. The number of carbonyl (C=O) groups excluding carboxylic acids is 1. The summed E-state index contributed by atoms with van der Waals surface area (Å²) in [7, 11) is 0. The second-order valence-corrected chi connectivity index (χ2v) is 3.47. The fourth-order valence-corrected chi connectivity index (χ4v) is 1.35. The summed E-state index contributed by atoms with van der Waals surface area (Å²) in [5, 5.41) is 2.81. The Bertz CT molecular complexity index is 124. The molecule has 0 heterocycles. The van der Waals surface area contributed by atoms with Gasteiger partial charge in [0, 0.05) is 13.0 Å². The molecule has 0 fully saturated rings. The Morgan fingerprint density at radius 3 is 2.00 bits per heavy atom. The highest BCUT2D eigenvalue weighted by atomic mass is 16.1. The van der Waals surface area contributed by atoms with Gasteiger partial charge < -0.3 is 5.32 Å². The first-order valence-corrected chi connectivity index (χ1v) is 6.58. The van der Waals surface area contributed by atoms with E-state index >= 15 is 0 Å². The lowest BCUT2D eigenvalue weighted by Crippen LogP contribution is -2.21. The molecule has 2 heteroatoms. The maximum absolute atomic E-state index is 11.0. The molecule has 0 bridgehead atoms. The van der Waals surface area contributed by atoms with Crippen LogP contribution in [0, 0.1) is 0 Å². The Labute approximate surface area is 95.8 Å². The highest BCUT2D eigenvalue weighted by Gasteiger charge is 1.97. The molecular formula is C13H29NO. The van der Waals surface area contributed by atoms with E-state index in [4.69, 9.17) is 0 Å². The quantitative estimate of drug-likeness (QED) is 0.611. The van der Waals surface area contributed by atoms with Crippen LogP contribution < -0.4 is 5.32 Å². The van der Waals surface area contributed by atoms with Crippen LogP contribution in [0.2, 0.25) is 0 Å². The van der Waals surface area contributed by atoms with E-state index in [2.05, 4.69) is 12.2 Å². The third-order valence-corrected chi connectivity index (χ3v) is 2.13. The number of hydrogen-bond acceptors (Lipinski definition) is 1. The molecule has 0 saturated heterocycles. The lowest BCUT2D eigenvalue weighted by atomic mass is 10.1. The van der Waals surface area contributed by atoms with E-state index in [-0.39, 0.29) is 5.91 Å². The molecule has 92 valence electrons. The Hall–Kier alpha value is -0.530. The zero-order chi connectivity index (χ0) is 11.9. The summed E-state index contributed by atoms with van der Waals surface area (Å²) in [5.74, 6) is 0.206. The van der Waals surface area contributed by atoms with Crippen molar-refractivity contribution >= 4 is 5.91 Å².